The number of carbonyl (C=O) groups excluding carboxylic acids is 2. The number of rotatable bonds is 4. The molecule has 0 bridgehead atoms. The second-order valence-corrected chi connectivity index (χ2v) is 8.49. The summed E-state index contributed by atoms with van der Waals surface area (Å²) in [6, 6.07) is 8.62. The maximum absolute atomic E-state index is 13.1. The molecule has 3 aliphatic rings. The average Bonchev–Trinajstić information content (AvgIpc) is 3.51. The van der Waals surface area contributed by atoms with Gasteiger partial charge >= 0.3 is 0 Å². The molecule has 0 unspecified atom stereocenters. The van der Waals surface area contributed by atoms with E-state index in [2.05, 4.69) is 41.1 Å². The highest BCUT2D eigenvalue weighted by molar-refractivity contribution is 5.87. The van der Waals surface area contributed by atoms with E-state index >= 15 is 0 Å². The third kappa shape index (κ3) is 3.80. The highest BCUT2D eigenvalue weighted by Crippen LogP contribution is 2.46. The molecule has 1 N–H and O–H groups in total. The van der Waals surface area contributed by atoms with E-state index in [-0.39, 0.29) is 17.4 Å². The van der Waals surface area contributed by atoms with Crippen molar-refractivity contribution in [3.8, 4) is 0 Å². The summed E-state index contributed by atoms with van der Waals surface area (Å²) in [5.41, 5.74) is 2.81. The molecule has 1 aliphatic heterocycles. The number of hydrogen-bond donors (Lipinski definition) is 1. The molecular weight excluding hydrogens is 336 g/mol. The topological polar surface area (TPSA) is 49.4 Å². The van der Waals surface area contributed by atoms with Gasteiger partial charge in [-0.05, 0) is 74.5 Å². The summed E-state index contributed by atoms with van der Waals surface area (Å²) < 4.78 is 0. The minimum absolute atomic E-state index is 0.0234. The molecule has 2 aliphatic carbocycles. The number of nitrogens with one attached hydrogen (secondary N) is 1. The van der Waals surface area contributed by atoms with Gasteiger partial charge in [-0.25, -0.2) is 0 Å². The minimum Gasteiger partial charge on any atom is -0.347 e. The van der Waals surface area contributed by atoms with Crippen LogP contribution in [-0.2, 0) is 22.4 Å². The van der Waals surface area contributed by atoms with Gasteiger partial charge in [-0.1, -0.05) is 30.8 Å². The molecule has 0 radical (unpaired) electrons. The van der Waals surface area contributed by atoms with Crippen molar-refractivity contribution in [3.05, 3.63) is 48.0 Å². The summed E-state index contributed by atoms with van der Waals surface area (Å²) in [6.45, 7) is 5.23. The second kappa shape index (κ2) is 7.49. The lowest BCUT2D eigenvalue weighted by atomic mass is 9.86. The molecule has 1 heterocycles. The number of aryl methyl sites for hydroxylation is 2. The van der Waals surface area contributed by atoms with Gasteiger partial charge in [0.05, 0.1) is 0 Å². The van der Waals surface area contributed by atoms with Crippen molar-refractivity contribution in [1.82, 2.24) is 10.2 Å². The molecule has 1 saturated heterocycles. The fraction of sp³-hybridized carbons (Fsp3) is 0.565. The van der Waals surface area contributed by atoms with Crippen LogP contribution in [0.1, 0.15) is 49.7 Å². The molecule has 1 aromatic carbocycles. The SMILES string of the molecule is C=CC(=O)NC1(C2CCN(C(=O)C3CCc4ccccc4CC3)CC2)CC1. The van der Waals surface area contributed by atoms with Crippen molar-refractivity contribution in [1.29, 1.82) is 0 Å². The van der Waals surface area contributed by atoms with Gasteiger partial charge < -0.3 is 10.2 Å². The van der Waals surface area contributed by atoms with Gasteiger partial charge in [0.15, 0.2) is 0 Å². The quantitative estimate of drug-likeness (QED) is 0.657. The van der Waals surface area contributed by atoms with Crippen LogP contribution in [0.15, 0.2) is 36.9 Å². The van der Waals surface area contributed by atoms with Crippen LogP contribution >= 0.6 is 0 Å². The Morgan fingerprint density at radius 1 is 1.04 bits per heavy atom. The third-order valence-corrected chi connectivity index (χ3v) is 6.93. The normalized spacial score (nSPS) is 22.4. The van der Waals surface area contributed by atoms with Gasteiger partial charge in [0, 0.05) is 24.5 Å². The Morgan fingerprint density at radius 3 is 2.15 bits per heavy atom. The molecule has 1 saturated carbocycles. The molecule has 1 aromatic rings. The van der Waals surface area contributed by atoms with E-state index in [1.54, 1.807) is 0 Å². The van der Waals surface area contributed by atoms with Crippen molar-refractivity contribution in [3.63, 3.8) is 0 Å². The van der Waals surface area contributed by atoms with Gasteiger partial charge in [0.1, 0.15) is 0 Å². The third-order valence-electron chi connectivity index (χ3n) is 6.93. The lowest BCUT2D eigenvalue weighted by Gasteiger charge is -2.38. The number of benzene rings is 1. The van der Waals surface area contributed by atoms with E-state index < -0.39 is 0 Å². The summed E-state index contributed by atoms with van der Waals surface area (Å²) >= 11 is 0. The summed E-state index contributed by atoms with van der Waals surface area (Å²) in [7, 11) is 0. The molecule has 0 spiro atoms. The van der Waals surface area contributed by atoms with E-state index in [9.17, 15) is 9.59 Å². The largest absolute Gasteiger partial charge is 0.347 e. The van der Waals surface area contributed by atoms with E-state index in [1.807, 2.05) is 0 Å². The van der Waals surface area contributed by atoms with Gasteiger partial charge in [-0.2, -0.15) is 0 Å². The first-order chi connectivity index (χ1) is 13.1. The smallest absolute Gasteiger partial charge is 0.243 e. The van der Waals surface area contributed by atoms with E-state index in [0.717, 1.165) is 64.5 Å². The van der Waals surface area contributed by atoms with Crippen molar-refractivity contribution in [2.45, 2.75) is 56.9 Å². The zero-order valence-corrected chi connectivity index (χ0v) is 16.1. The predicted molar refractivity (Wildman–Crippen MR) is 106 cm³/mol. The van der Waals surface area contributed by atoms with Crippen molar-refractivity contribution in [2.24, 2.45) is 11.8 Å². The summed E-state index contributed by atoms with van der Waals surface area (Å²) in [5.74, 6) is 0.929. The Kier molecular flexibility index (Phi) is 5.07. The lowest BCUT2D eigenvalue weighted by Crippen LogP contribution is -2.49. The van der Waals surface area contributed by atoms with Crippen LogP contribution in [0.5, 0.6) is 0 Å². The number of carbonyl (C=O) groups is 2. The van der Waals surface area contributed by atoms with E-state index in [1.165, 1.54) is 17.2 Å². The Morgan fingerprint density at radius 2 is 1.63 bits per heavy atom. The van der Waals surface area contributed by atoms with E-state index in [4.69, 9.17) is 0 Å². The van der Waals surface area contributed by atoms with Crippen molar-refractivity contribution < 1.29 is 9.59 Å². The molecule has 4 heteroatoms. The number of piperidine rings is 1. The molecule has 4 rings (SSSR count). The number of likely N-dealkylation sites (tertiary alicyclic amines) is 1. The molecule has 0 aromatic heterocycles. The average molecular weight is 367 g/mol. The van der Waals surface area contributed by atoms with Gasteiger partial charge in [-0.3, -0.25) is 9.59 Å². The molecule has 2 amide bonds. The lowest BCUT2D eigenvalue weighted by molar-refractivity contribution is -0.137. The summed E-state index contributed by atoms with van der Waals surface area (Å²) in [6.07, 6.45) is 9.44. The number of nitrogens with zero attached hydrogens (tertiary/aromatic N) is 1. The highest BCUT2D eigenvalue weighted by atomic mass is 16.2. The first-order valence-corrected chi connectivity index (χ1v) is 10.4. The van der Waals surface area contributed by atoms with Gasteiger partial charge in [-0.15, -0.1) is 0 Å². The minimum atomic E-state index is -0.0657. The first kappa shape index (κ1) is 18.3. The van der Waals surface area contributed by atoms with Crippen LogP contribution in [0.4, 0.5) is 0 Å². The Labute approximate surface area is 162 Å². The van der Waals surface area contributed by atoms with Gasteiger partial charge in [0.2, 0.25) is 11.8 Å². The molecular formula is C23H30N2O2. The van der Waals surface area contributed by atoms with Gasteiger partial charge in [0.25, 0.3) is 0 Å². The predicted octanol–water partition coefficient (Wildman–Crippen LogP) is 3.26. The van der Waals surface area contributed by atoms with Crippen LogP contribution in [0.3, 0.4) is 0 Å². The van der Waals surface area contributed by atoms with Crippen LogP contribution < -0.4 is 5.32 Å². The Hall–Kier alpha value is -2.10. The molecule has 4 nitrogen and oxygen atoms in total. The number of hydrogen-bond acceptors (Lipinski definition) is 2. The van der Waals surface area contributed by atoms with Crippen molar-refractivity contribution in [2.75, 3.05) is 13.1 Å². The molecule has 2 fully saturated rings. The number of amides is 2. The number of fused-ring (bicyclic) bond motifs is 1. The van der Waals surface area contributed by atoms with Crippen LogP contribution in [0.2, 0.25) is 0 Å². The first-order valence-electron chi connectivity index (χ1n) is 10.4. The van der Waals surface area contributed by atoms with Crippen LogP contribution in [-0.4, -0.2) is 35.3 Å². The maximum atomic E-state index is 13.1. The second-order valence-electron chi connectivity index (χ2n) is 8.49. The molecule has 144 valence electrons. The summed E-state index contributed by atoms with van der Waals surface area (Å²) in [5, 5.41) is 3.15. The maximum Gasteiger partial charge on any atom is 0.243 e. The fourth-order valence-electron chi connectivity index (χ4n) is 5.07. The highest BCUT2D eigenvalue weighted by Gasteiger charge is 2.50. The zero-order valence-electron chi connectivity index (χ0n) is 16.1. The van der Waals surface area contributed by atoms with E-state index in [0.29, 0.717) is 11.8 Å². The Bertz CT molecular complexity index is 703. The Balaban J connectivity index is 1.32. The standard InChI is InChI=1S/C23H30N2O2/c1-2-21(26)24-23(13-14-23)20-11-15-25(16-12-20)22(27)19-9-7-17-5-3-4-6-18(17)8-10-19/h2-6,19-20H,1,7-16H2,(H,24,26). The van der Waals surface area contributed by atoms with Crippen LogP contribution in [0.25, 0.3) is 0 Å². The molecule has 27 heavy (non-hydrogen) atoms. The zero-order chi connectivity index (χ0) is 18.9. The van der Waals surface area contributed by atoms with Crippen molar-refractivity contribution >= 4 is 11.8 Å². The monoisotopic (exact) mass is 366 g/mol. The molecule has 0 atom stereocenters. The summed E-state index contributed by atoms with van der Waals surface area (Å²) in [4.78, 5) is 26.9. The fourth-order valence-corrected chi connectivity index (χ4v) is 5.07. The van der Waals surface area contributed by atoms with Crippen LogP contribution in [0, 0.1) is 11.8 Å².